The lowest BCUT2D eigenvalue weighted by Crippen LogP contribution is -2.52. The fraction of sp³-hybridized carbons (Fsp3) is 0.917. The van der Waals surface area contributed by atoms with Gasteiger partial charge in [0.15, 0.2) is 0 Å². The number of ether oxygens (including phenoxy) is 1. The molecule has 1 saturated carbocycles. The SMILES string of the molecule is CC1CCC(C(NC2CCCC2)C(N)=O)O1. The van der Waals surface area contributed by atoms with Crippen molar-refractivity contribution in [2.24, 2.45) is 5.73 Å². The van der Waals surface area contributed by atoms with Gasteiger partial charge >= 0.3 is 0 Å². The molecule has 3 N–H and O–H groups in total. The number of primary amides is 1. The second-order valence-electron chi connectivity index (χ2n) is 5.09. The van der Waals surface area contributed by atoms with Gasteiger partial charge in [0.05, 0.1) is 12.2 Å². The first-order valence-corrected chi connectivity index (χ1v) is 6.37. The van der Waals surface area contributed by atoms with Gasteiger partial charge < -0.3 is 15.8 Å². The van der Waals surface area contributed by atoms with Gasteiger partial charge in [-0.15, -0.1) is 0 Å². The quantitative estimate of drug-likeness (QED) is 0.750. The largest absolute Gasteiger partial charge is 0.373 e. The van der Waals surface area contributed by atoms with Crippen LogP contribution in [0.3, 0.4) is 0 Å². The van der Waals surface area contributed by atoms with E-state index in [9.17, 15) is 4.79 Å². The van der Waals surface area contributed by atoms with E-state index in [-0.39, 0.29) is 24.2 Å². The summed E-state index contributed by atoms with van der Waals surface area (Å²) in [6.45, 7) is 2.05. The summed E-state index contributed by atoms with van der Waals surface area (Å²) in [7, 11) is 0. The highest BCUT2D eigenvalue weighted by Crippen LogP contribution is 2.24. The Morgan fingerprint density at radius 3 is 2.50 bits per heavy atom. The van der Waals surface area contributed by atoms with Crippen molar-refractivity contribution in [3.8, 4) is 0 Å². The zero-order chi connectivity index (χ0) is 11.5. The third-order valence-corrected chi connectivity index (χ3v) is 3.71. The molecule has 0 aromatic rings. The predicted molar refractivity (Wildman–Crippen MR) is 61.9 cm³/mol. The molecule has 0 spiro atoms. The zero-order valence-corrected chi connectivity index (χ0v) is 9.95. The van der Waals surface area contributed by atoms with Gasteiger partial charge in [0.25, 0.3) is 0 Å². The number of nitrogens with one attached hydrogen (secondary N) is 1. The van der Waals surface area contributed by atoms with Gasteiger partial charge in [-0.25, -0.2) is 0 Å². The average molecular weight is 226 g/mol. The Kier molecular flexibility index (Phi) is 3.82. The molecule has 4 nitrogen and oxygen atoms in total. The van der Waals surface area contributed by atoms with Crippen LogP contribution in [-0.2, 0) is 9.53 Å². The second-order valence-corrected chi connectivity index (χ2v) is 5.09. The number of carbonyl (C=O) groups excluding carboxylic acids is 1. The van der Waals surface area contributed by atoms with Crippen LogP contribution in [0.5, 0.6) is 0 Å². The monoisotopic (exact) mass is 226 g/mol. The van der Waals surface area contributed by atoms with E-state index in [0.29, 0.717) is 6.04 Å². The normalized spacial score (nSPS) is 33.1. The van der Waals surface area contributed by atoms with Crippen LogP contribution in [0, 0.1) is 0 Å². The standard InChI is InChI=1S/C12H22N2O2/c1-8-6-7-10(16-8)11(12(13)15)14-9-4-2-3-5-9/h8-11,14H,2-7H2,1H3,(H2,13,15). The van der Waals surface area contributed by atoms with Crippen LogP contribution in [0.25, 0.3) is 0 Å². The number of hydrogen-bond acceptors (Lipinski definition) is 3. The Labute approximate surface area is 96.9 Å². The van der Waals surface area contributed by atoms with E-state index in [1.165, 1.54) is 12.8 Å². The first-order valence-electron chi connectivity index (χ1n) is 6.37. The van der Waals surface area contributed by atoms with Crippen molar-refractivity contribution in [1.29, 1.82) is 0 Å². The molecule has 1 heterocycles. The van der Waals surface area contributed by atoms with Gasteiger partial charge in [-0.2, -0.15) is 0 Å². The maximum absolute atomic E-state index is 11.5. The minimum Gasteiger partial charge on any atom is -0.373 e. The molecule has 0 radical (unpaired) electrons. The van der Waals surface area contributed by atoms with E-state index < -0.39 is 0 Å². The number of hydrogen-bond donors (Lipinski definition) is 2. The molecule has 4 heteroatoms. The lowest BCUT2D eigenvalue weighted by molar-refractivity contribution is -0.123. The van der Waals surface area contributed by atoms with Crippen molar-refractivity contribution in [1.82, 2.24) is 5.32 Å². The Hall–Kier alpha value is -0.610. The summed E-state index contributed by atoms with van der Waals surface area (Å²) in [5.41, 5.74) is 5.46. The van der Waals surface area contributed by atoms with E-state index in [2.05, 4.69) is 5.32 Å². The first kappa shape index (κ1) is 11.9. The number of rotatable bonds is 4. The number of nitrogens with two attached hydrogens (primary N) is 1. The lowest BCUT2D eigenvalue weighted by Gasteiger charge is -2.25. The Balaban J connectivity index is 1.91. The van der Waals surface area contributed by atoms with Gasteiger partial charge in [-0.3, -0.25) is 4.79 Å². The van der Waals surface area contributed by atoms with Gasteiger partial charge in [0.1, 0.15) is 6.04 Å². The van der Waals surface area contributed by atoms with Crippen LogP contribution >= 0.6 is 0 Å². The molecule has 3 unspecified atom stereocenters. The molecule has 2 fully saturated rings. The highest BCUT2D eigenvalue weighted by molar-refractivity contribution is 5.80. The van der Waals surface area contributed by atoms with Gasteiger partial charge in [0, 0.05) is 6.04 Å². The molecule has 0 aromatic heterocycles. The van der Waals surface area contributed by atoms with Gasteiger partial charge in [-0.1, -0.05) is 12.8 Å². The minimum atomic E-state index is -0.298. The topological polar surface area (TPSA) is 64.3 Å². The van der Waals surface area contributed by atoms with Crippen LogP contribution in [0.15, 0.2) is 0 Å². The van der Waals surface area contributed by atoms with Crippen molar-refractivity contribution in [2.75, 3.05) is 0 Å². The fourth-order valence-corrected chi connectivity index (χ4v) is 2.80. The molecule has 1 aliphatic heterocycles. The van der Waals surface area contributed by atoms with E-state index in [0.717, 1.165) is 25.7 Å². The van der Waals surface area contributed by atoms with E-state index in [1.54, 1.807) is 0 Å². The average Bonchev–Trinajstić information content (AvgIpc) is 2.84. The number of amides is 1. The summed E-state index contributed by atoms with van der Waals surface area (Å²) >= 11 is 0. The fourth-order valence-electron chi connectivity index (χ4n) is 2.80. The number of carbonyl (C=O) groups is 1. The van der Waals surface area contributed by atoms with Crippen molar-refractivity contribution in [3.63, 3.8) is 0 Å². The maximum Gasteiger partial charge on any atom is 0.237 e. The van der Waals surface area contributed by atoms with Crippen molar-refractivity contribution < 1.29 is 9.53 Å². The minimum absolute atomic E-state index is 0.0203. The summed E-state index contributed by atoms with van der Waals surface area (Å²) in [4.78, 5) is 11.5. The first-order chi connectivity index (χ1) is 7.66. The van der Waals surface area contributed by atoms with E-state index in [4.69, 9.17) is 10.5 Å². The van der Waals surface area contributed by atoms with E-state index >= 15 is 0 Å². The van der Waals surface area contributed by atoms with Gasteiger partial charge in [0.2, 0.25) is 5.91 Å². The molecule has 0 bridgehead atoms. The Bertz CT molecular complexity index is 251. The highest BCUT2D eigenvalue weighted by atomic mass is 16.5. The molecular weight excluding hydrogens is 204 g/mol. The van der Waals surface area contributed by atoms with Crippen LogP contribution in [0.2, 0.25) is 0 Å². The predicted octanol–water partition coefficient (Wildman–Crippen LogP) is 0.940. The summed E-state index contributed by atoms with van der Waals surface area (Å²) in [5.74, 6) is -0.272. The Morgan fingerprint density at radius 1 is 1.31 bits per heavy atom. The lowest BCUT2D eigenvalue weighted by atomic mass is 10.1. The van der Waals surface area contributed by atoms with Crippen molar-refractivity contribution in [2.45, 2.75) is 69.7 Å². The summed E-state index contributed by atoms with van der Waals surface area (Å²) in [6, 6.07) is 0.157. The van der Waals surface area contributed by atoms with Crippen LogP contribution in [0.4, 0.5) is 0 Å². The van der Waals surface area contributed by atoms with Crippen molar-refractivity contribution in [3.05, 3.63) is 0 Å². The van der Waals surface area contributed by atoms with E-state index in [1.807, 2.05) is 6.92 Å². The van der Waals surface area contributed by atoms with Crippen molar-refractivity contribution >= 4 is 5.91 Å². The third kappa shape index (κ3) is 2.74. The van der Waals surface area contributed by atoms with Gasteiger partial charge in [-0.05, 0) is 32.6 Å². The highest BCUT2D eigenvalue weighted by Gasteiger charge is 2.34. The third-order valence-electron chi connectivity index (χ3n) is 3.71. The maximum atomic E-state index is 11.5. The molecular formula is C12H22N2O2. The molecule has 16 heavy (non-hydrogen) atoms. The smallest absolute Gasteiger partial charge is 0.237 e. The molecule has 1 amide bonds. The van der Waals surface area contributed by atoms with Crippen LogP contribution in [0.1, 0.15) is 45.4 Å². The summed E-state index contributed by atoms with van der Waals surface area (Å²) in [5, 5.41) is 3.38. The molecule has 1 saturated heterocycles. The molecule has 0 aromatic carbocycles. The summed E-state index contributed by atoms with van der Waals surface area (Å²) in [6.07, 6.45) is 7.04. The zero-order valence-electron chi connectivity index (χ0n) is 9.95. The second kappa shape index (κ2) is 5.15. The van der Waals surface area contributed by atoms with Crippen LogP contribution in [-0.4, -0.2) is 30.2 Å². The molecule has 3 atom stereocenters. The molecule has 1 aliphatic carbocycles. The van der Waals surface area contributed by atoms with Crippen LogP contribution < -0.4 is 11.1 Å². The molecule has 2 aliphatic rings. The molecule has 92 valence electrons. The molecule has 2 rings (SSSR count). The summed E-state index contributed by atoms with van der Waals surface area (Å²) < 4.78 is 5.73. The Morgan fingerprint density at radius 2 is 2.00 bits per heavy atom.